The Bertz CT molecular complexity index is 412. The van der Waals surface area contributed by atoms with Crippen LogP contribution in [0.1, 0.15) is 26.7 Å². The minimum absolute atomic E-state index is 0. The fraction of sp³-hybridized carbons (Fsp3) is 0.786. The highest BCUT2D eigenvalue weighted by Crippen LogP contribution is 2.09. The quantitative estimate of drug-likeness (QED) is 0.385. The lowest BCUT2D eigenvalue weighted by atomic mass is 10.1. The highest BCUT2D eigenvalue weighted by Gasteiger charge is 2.23. The standard InChI is InChI=1S/C14H27N5O2.HI/c1-10(2)16-14(15-8-13(21)18(3)4)17-11-6-7-12(20)19(5)9-11;/h10-11H,6-9H2,1-5H3,(H2,15,16,17);1H. The fourth-order valence-electron chi connectivity index (χ4n) is 2.02. The van der Waals surface area contributed by atoms with Crippen molar-refractivity contribution in [3.05, 3.63) is 0 Å². The van der Waals surface area contributed by atoms with E-state index in [0.717, 1.165) is 6.42 Å². The van der Waals surface area contributed by atoms with E-state index in [1.165, 1.54) is 4.90 Å². The Morgan fingerprint density at radius 2 is 2.09 bits per heavy atom. The highest BCUT2D eigenvalue weighted by atomic mass is 127. The number of nitrogens with zero attached hydrogens (tertiary/aromatic N) is 3. The maximum Gasteiger partial charge on any atom is 0.243 e. The van der Waals surface area contributed by atoms with Gasteiger partial charge in [-0.25, -0.2) is 4.99 Å². The molecule has 1 saturated heterocycles. The summed E-state index contributed by atoms with van der Waals surface area (Å²) < 4.78 is 0. The Morgan fingerprint density at radius 1 is 1.45 bits per heavy atom. The summed E-state index contributed by atoms with van der Waals surface area (Å²) in [6.45, 7) is 4.79. The van der Waals surface area contributed by atoms with Crippen molar-refractivity contribution in [3.63, 3.8) is 0 Å². The fourth-order valence-corrected chi connectivity index (χ4v) is 2.02. The van der Waals surface area contributed by atoms with Crippen molar-refractivity contribution in [2.24, 2.45) is 4.99 Å². The van der Waals surface area contributed by atoms with E-state index in [0.29, 0.717) is 18.9 Å². The average Bonchev–Trinajstić information content (AvgIpc) is 2.39. The van der Waals surface area contributed by atoms with Gasteiger partial charge in [-0.3, -0.25) is 9.59 Å². The van der Waals surface area contributed by atoms with E-state index in [4.69, 9.17) is 0 Å². The normalized spacial score (nSPS) is 18.8. The Kier molecular flexibility index (Phi) is 9.38. The van der Waals surface area contributed by atoms with E-state index < -0.39 is 0 Å². The molecular weight excluding hydrogens is 397 g/mol. The van der Waals surface area contributed by atoms with Gasteiger partial charge < -0.3 is 20.4 Å². The Hall–Kier alpha value is -1.06. The van der Waals surface area contributed by atoms with Crippen LogP contribution in [0.3, 0.4) is 0 Å². The lowest BCUT2D eigenvalue weighted by molar-refractivity contribution is -0.132. The number of aliphatic imine (C=N–C) groups is 1. The number of carbonyl (C=O) groups is 2. The minimum Gasteiger partial charge on any atom is -0.354 e. The molecule has 0 bridgehead atoms. The summed E-state index contributed by atoms with van der Waals surface area (Å²) in [7, 11) is 5.23. The van der Waals surface area contributed by atoms with Crippen LogP contribution in [0.25, 0.3) is 0 Å². The van der Waals surface area contributed by atoms with Gasteiger partial charge in [0, 0.05) is 46.2 Å². The van der Waals surface area contributed by atoms with Crippen molar-refractivity contribution >= 4 is 41.8 Å². The number of guanidine groups is 1. The van der Waals surface area contributed by atoms with Crippen LogP contribution in [0, 0.1) is 0 Å². The molecule has 1 aliphatic heterocycles. The van der Waals surface area contributed by atoms with Crippen LogP contribution in [-0.2, 0) is 9.59 Å². The number of piperidine rings is 1. The third-order valence-corrected chi connectivity index (χ3v) is 3.26. The smallest absolute Gasteiger partial charge is 0.243 e. The van der Waals surface area contributed by atoms with Gasteiger partial charge in [-0.1, -0.05) is 0 Å². The lowest BCUT2D eigenvalue weighted by Gasteiger charge is -2.31. The number of carbonyl (C=O) groups excluding carboxylic acids is 2. The van der Waals surface area contributed by atoms with E-state index in [2.05, 4.69) is 15.6 Å². The molecule has 0 aromatic rings. The minimum atomic E-state index is -0.0456. The summed E-state index contributed by atoms with van der Waals surface area (Å²) in [6, 6.07) is 0.376. The van der Waals surface area contributed by atoms with Gasteiger partial charge in [0.05, 0.1) is 0 Å². The van der Waals surface area contributed by atoms with Crippen molar-refractivity contribution in [1.82, 2.24) is 20.4 Å². The average molecular weight is 425 g/mol. The van der Waals surface area contributed by atoms with Gasteiger partial charge >= 0.3 is 0 Å². The molecule has 0 saturated carbocycles. The van der Waals surface area contributed by atoms with E-state index in [1.807, 2.05) is 13.8 Å². The molecule has 2 amide bonds. The highest BCUT2D eigenvalue weighted by molar-refractivity contribution is 14.0. The van der Waals surface area contributed by atoms with E-state index in [1.54, 1.807) is 26.0 Å². The number of nitrogens with one attached hydrogen (secondary N) is 2. The molecule has 1 aliphatic rings. The van der Waals surface area contributed by atoms with Crippen LogP contribution >= 0.6 is 24.0 Å². The molecule has 0 spiro atoms. The molecule has 0 radical (unpaired) electrons. The first-order chi connectivity index (χ1) is 9.79. The molecule has 2 N–H and O–H groups in total. The third kappa shape index (κ3) is 7.28. The first kappa shape index (κ1) is 20.9. The topological polar surface area (TPSA) is 77.0 Å². The molecule has 1 heterocycles. The molecule has 0 aliphatic carbocycles. The molecule has 1 atom stereocenters. The molecule has 1 fully saturated rings. The van der Waals surface area contributed by atoms with Crippen LogP contribution in [-0.4, -0.2) is 73.9 Å². The van der Waals surface area contributed by atoms with Gasteiger partial charge in [0.25, 0.3) is 0 Å². The number of hydrogen-bond donors (Lipinski definition) is 2. The van der Waals surface area contributed by atoms with Crippen LogP contribution in [0.15, 0.2) is 4.99 Å². The van der Waals surface area contributed by atoms with Crippen LogP contribution < -0.4 is 10.6 Å². The number of likely N-dealkylation sites (tertiary alicyclic amines) is 1. The molecule has 0 aromatic heterocycles. The van der Waals surface area contributed by atoms with Crippen molar-refractivity contribution in [3.8, 4) is 0 Å². The Morgan fingerprint density at radius 3 is 2.59 bits per heavy atom. The number of likely N-dealkylation sites (N-methyl/N-ethyl adjacent to an activating group) is 2. The van der Waals surface area contributed by atoms with Gasteiger partial charge in [-0.15, -0.1) is 24.0 Å². The first-order valence-electron chi connectivity index (χ1n) is 7.31. The van der Waals surface area contributed by atoms with E-state index in [-0.39, 0.29) is 54.4 Å². The second-order valence-corrected chi connectivity index (χ2v) is 5.91. The number of halogens is 1. The molecule has 8 heteroatoms. The van der Waals surface area contributed by atoms with Gasteiger partial charge in [0.15, 0.2) is 5.96 Å². The summed E-state index contributed by atoms with van der Waals surface area (Å²) in [5.41, 5.74) is 0. The van der Waals surface area contributed by atoms with Gasteiger partial charge in [-0.2, -0.15) is 0 Å². The molecule has 0 aromatic carbocycles. The zero-order chi connectivity index (χ0) is 16.0. The lowest BCUT2D eigenvalue weighted by Crippen LogP contribution is -2.53. The summed E-state index contributed by atoms with van der Waals surface area (Å²) >= 11 is 0. The van der Waals surface area contributed by atoms with E-state index >= 15 is 0 Å². The summed E-state index contributed by atoms with van der Waals surface area (Å²) in [5, 5.41) is 6.52. The maximum absolute atomic E-state index is 11.6. The van der Waals surface area contributed by atoms with Crippen molar-refractivity contribution in [2.45, 2.75) is 38.8 Å². The third-order valence-electron chi connectivity index (χ3n) is 3.26. The largest absolute Gasteiger partial charge is 0.354 e. The SMILES string of the molecule is CC(C)NC(=NCC(=O)N(C)C)NC1CCC(=O)N(C)C1.I. The Balaban J connectivity index is 0.00000441. The summed E-state index contributed by atoms with van der Waals surface area (Å²) in [4.78, 5) is 30.7. The zero-order valence-corrected chi connectivity index (χ0v) is 16.4. The first-order valence-corrected chi connectivity index (χ1v) is 7.31. The summed E-state index contributed by atoms with van der Waals surface area (Å²) in [5.74, 6) is 0.745. The zero-order valence-electron chi connectivity index (χ0n) is 14.0. The van der Waals surface area contributed by atoms with Crippen molar-refractivity contribution in [2.75, 3.05) is 34.2 Å². The Labute approximate surface area is 149 Å². The second-order valence-electron chi connectivity index (χ2n) is 5.91. The predicted octanol–water partition coefficient (Wildman–Crippen LogP) is 0.257. The van der Waals surface area contributed by atoms with E-state index in [9.17, 15) is 9.59 Å². The van der Waals surface area contributed by atoms with Gasteiger partial charge in [0.2, 0.25) is 11.8 Å². The number of rotatable bonds is 4. The second kappa shape index (κ2) is 9.86. The van der Waals surface area contributed by atoms with Crippen LogP contribution in [0.2, 0.25) is 0 Å². The molecule has 22 heavy (non-hydrogen) atoms. The monoisotopic (exact) mass is 425 g/mol. The van der Waals surface area contributed by atoms with Gasteiger partial charge in [0.1, 0.15) is 6.54 Å². The predicted molar refractivity (Wildman–Crippen MR) is 98.5 cm³/mol. The molecule has 1 rings (SSSR count). The van der Waals surface area contributed by atoms with Crippen molar-refractivity contribution < 1.29 is 9.59 Å². The maximum atomic E-state index is 11.6. The summed E-state index contributed by atoms with van der Waals surface area (Å²) in [6.07, 6.45) is 1.32. The number of amides is 2. The molecule has 7 nitrogen and oxygen atoms in total. The molecule has 1 unspecified atom stereocenters. The molecular formula is C14H28IN5O2. The van der Waals surface area contributed by atoms with Crippen LogP contribution in [0.4, 0.5) is 0 Å². The molecule has 128 valence electrons. The van der Waals surface area contributed by atoms with Crippen molar-refractivity contribution in [1.29, 1.82) is 0 Å². The van der Waals surface area contributed by atoms with Gasteiger partial charge in [-0.05, 0) is 20.3 Å². The van der Waals surface area contributed by atoms with Crippen LogP contribution in [0.5, 0.6) is 0 Å². The number of hydrogen-bond acceptors (Lipinski definition) is 3.